The van der Waals surface area contributed by atoms with Crippen molar-refractivity contribution >= 4 is 33.7 Å². The SMILES string of the molecule is Cc1ccccc1NC(=O)C(C)N1CCN(c2ccc([N+](=O)[O-])c3cnccc23)CC1. The lowest BCUT2D eigenvalue weighted by Gasteiger charge is -2.39. The van der Waals surface area contributed by atoms with E-state index in [9.17, 15) is 14.9 Å². The van der Waals surface area contributed by atoms with E-state index in [1.807, 2.05) is 50.2 Å². The number of hydrogen-bond acceptors (Lipinski definition) is 6. The highest BCUT2D eigenvalue weighted by Gasteiger charge is 2.27. The van der Waals surface area contributed by atoms with Crippen molar-refractivity contribution < 1.29 is 9.72 Å². The summed E-state index contributed by atoms with van der Waals surface area (Å²) >= 11 is 0. The fourth-order valence-corrected chi connectivity index (χ4v) is 4.06. The van der Waals surface area contributed by atoms with Crippen LogP contribution in [-0.2, 0) is 4.79 Å². The lowest BCUT2D eigenvalue weighted by atomic mass is 10.1. The van der Waals surface area contributed by atoms with Gasteiger partial charge in [0.2, 0.25) is 5.91 Å². The van der Waals surface area contributed by atoms with E-state index in [0.29, 0.717) is 5.39 Å². The number of nitro groups is 1. The third-order valence-corrected chi connectivity index (χ3v) is 5.95. The first-order valence-corrected chi connectivity index (χ1v) is 10.3. The molecule has 1 fully saturated rings. The van der Waals surface area contributed by atoms with Crippen LogP contribution in [0, 0.1) is 17.0 Å². The van der Waals surface area contributed by atoms with Crippen molar-refractivity contribution in [2.75, 3.05) is 36.4 Å². The molecular formula is C23H25N5O3. The van der Waals surface area contributed by atoms with Crippen LogP contribution in [0.1, 0.15) is 12.5 Å². The van der Waals surface area contributed by atoms with Crippen LogP contribution < -0.4 is 10.2 Å². The number of anilines is 2. The molecule has 8 heteroatoms. The minimum absolute atomic E-state index is 0.0189. The van der Waals surface area contributed by atoms with Gasteiger partial charge in [0, 0.05) is 61.4 Å². The number of carbonyl (C=O) groups is 1. The van der Waals surface area contributed by atoms with Gasteiger partial charge in [-0.25, -0.2) is 0 Å². The number of nitrogens with zero attached hydrogens (tertiary/aromatic N) is 4. The molecule has 1 aliphatic rings. The van der Waals surface area contributed by atoms with Gasteiger partial charge in [-0.2, -0.15) is 0 Å². The summed E-state index contributed by atoms with van der Waals surface area (Å²) in [6, 6.07) is 12.7. The standard InChI is InChI=1S/C23H25N5O3/c1-16-5-3-4-6-20(16)25-23(29)17(2)26-11-13-27(14-12-26)21-7-8-22(28(30)31)19-15-24-10-9-18(19)21/h3-10,15,17H,11-14H2,1-2H3,(H,25,29). The zero-order chi connectivity index (χ0) is 22.0. The molecule has 8 nitrogen and oxygen atoms in total. The minimum atomic E-state index is -0.375. The number of para-hydroxylation sites is 1. The van der Waals surface area contributed by atoms with Gasteiger partial charge in [-0.05, 0) is 37.6 Å². The predicted octanol–water partition coefficient (Wildman–Crippen LogP) is 3.60. The van der Waals surface area contributed by atoms with Crippen LogP contribution in [0.5, 0.6) is 0 Å². The van der Waals surface area contributed by atoms with E-state index in [2.05, 4.69) is 20.1 Å². The second kappa shape index (κ2) is 8.69. The first kappa shape index (κ1) is 20.7. The summed E-state index contributed by atoms with van der Waals surface area (Å²) in [7, 11) is 0. The number of pyridine rings is 1. The van der Waals surface area contributed by atoms with E-state index in [0.717, 1.165) is 48.5 Å². The molecule has 1 saturated heterocycles. The summed E-state index contributed by atoms with van der Waals surface area (Å²) in [6.07, 6.45) is 3.20. The summed E-state index contributed by atoms with van der Waals surface area (Å²) in [6.45, 7) is 6.82. The number of aromatic nitrogens is 1. The number of nitrogens with one attached hydrogen (secondary N) is 1. The summed E-state index contributed by atoms with van der Waals surface area (Å²) in [5, 5.41) is 15.7. The number of piperazine rings is 1. The molecule has 0 spiro atoms. The Hall–Kier alpha value is -3.52. The number of rotatable bonds is 5. The molecule has 2 aromatic carbocycles. The fourth-order valence-electron chi connectivity index (χ4n) is 4.06. The predicted molar refractivity (Wildman–Crippen MR) is 121 cm³/mol. The largest absolute Gasteiger partial charge is 0.368 e. The van der Waals surface area contributed by atoms with Crippen LogP contribution in [0.2, 0.25) is 0 Å². The van der Waals surface area contributed by atoms with Gasteiger partial charge in [0.25, 0.3) is 5.69 Å². The lowest BCUT2D eigenvalue weighted by molar-refractivity contribution is -0.383. The van der Waals surface area contributed by atoms with Gasteiger partial charge in [-0.15, -0.1) is 0 Å². The molecule has 2 heterocycles. The number of fused-ring (bicyclic) bond motifs is 1. The Balaban J connectivity index is 1.45. The molecule has 1 atom stereocenters. The van der Waals surface area contributed by atoms with Crippen molar-refractivity contribution in [2.45, 2.75) is 19.9 Å². The molecule has 0 aliphatic carbocycles. The number of non-ortho nitro benzene ring substituents is 1. The van der Waals surface area contributed by atoms with Crippen LogP contribution >= 0.6 is 0 Å². The van der Waals surface area contributed by atoms with Gasteiger partial charge >= 0.3 is 0 Å². The third kappa shape index (κ3) is 4.20. The van der Waals surface area contributed by atoms with Crippen LogP contribution in [0.15, 0.2) is 54.9 Å². The molecule has 0 saturated carbocycles. The first-order chi connectivity index (χ1) is 15.0. The maximum Gasteiger partial charge on any atom is 0.278 e. The number of carbonyl (C=O) groups excluding carboxylic acids is 1. The van der Waals surface area contributed by atoms with Gasteiger partial charge in [-0.1, -0.05) is 18.2 Å². The molecule has 4 rings (SSSR count). The van der Waals surface area contributed by atoms with E-state index in [4.69, 9.17) is 0 Å². The Labute approximate surface area is 180 Å². The van der Waals surface area contributed by atoms with E-state index < -0.39 is 0 Å². The van der Waals surface area contributed by atoms with E-state index >= 15 is 0 Å². The number of benzene rings is 2. The average Bonchev–Trinajstić information content (AvgIpc) is 2.79. The molecule has 1 aliphatic heterocycles. The smallest absolute Gasteiger partial charge is 0.278 e. The van der Waals surface area contributed by atoms with Crippen molar-refractivity contribution in [3.8, 4) is 0 Å². The summed E-state index contributed by atoms with van der Waals surface area (Å²) < 4.78 is 0. The van der Waals surface area contributed by atoms with E-state index in [1.54, 1.807) is 18.5 Å². The molecule has 1 aromatic heterocycles. The molecular weight excluding hydrogens is 394 g/mol. The fraction of sp³-hybridized carbons (Fsp3) is 0.304. The Kier molecular flexibility index (Phi) is 5.81. The highest BCUT2D eigenvalue weighted by Crippen LogP contribution is 2.33. The molecule has 31 heavy (non-hydrogen) atoms. The molecule has 3 aromatic rings. The zero-order valence-electron chi connectivity index (χ0n) is 17.6. The number of aryl methyl sites for hydroxylation is 1. The maximum atomic E-state index is 12.8. The third-order valence-electron chi connectivity index (χ3n) is 5.95. The van der Waals surface area contributed by atoms with Crippen molar-refractivity contribution in [1.29, 1.82) is 0 Å². The molecule has 1 unspecified atom stereocenters. The van der Waals surface area contributed by atoms with E-state index in [-0.39, 0.29) is 22.6 Å². The van der Waals surface area contributed by atoms with Gasteiger partial charge in [0.1, 0.15) is 0 Å². The minimum Gasteiger partial charge on any atom is -0.368 e. The first-order valence-electron chi connectivity index (χ1n) is 10.3. The van der Waals surface area contributed by atoms with Crippen LogP contribution in [0.4, 0.5) is 17.1 Å². The van der Waals surface area contributed by atoms with Crippen molar-refractivity contribution in [1.82, 2.24) is 9.88 Å². The Morgan fingerprint density at radius 2 is 1.84 bits per heavy atom. The normalized spacial score (nSPS) is 15.6. The monoisotopic (exact) mass is 419 g/mol. The second-order valence-corrected chi connectivity index (χ2v) is 7.79. The molecule has 160 valence electrons. The average molecular weight is 419 g/mol. The van der Waals surface area contributed by atoms with Crippen molar-refractivity contribution in [3.05, 3.63) is 70.5 Å². The summed E-state index contributed by atoms with van der Waals surface area (Å²) in [5.74, 6) is -0.0189. The van der Waals surface area contributed by atoms with Crippen molar-refractivity contribution in [3.63, 3.8) is 0 Å². The van der Waals surface area contributed by atoms with Crippen molar-refractivity contribution in [2.24, 2.45) is 0 Å². The highest BCUT2D eigenvalue weighted by molar-refractivity contribution is 5.99. The Morgan fingerprint density at radius 1 is 1.10 bits per heavy atom. The number of nitro benzene ring substituents is 1. The maximum absolute atomic E-state index is 12.8. The second-order valence-electron chi connectivity index (χ2n) is 7.79. The summed E-state index contributed by atoms with van der Waals surface area (Å²) in [4.78, 5) is 32.2. The summed E-state index contributed by atoms with van der Waals surface area (Å²) in [5.41, 5.74) is 2.89. The Morgan fingerprint density at radius 3 is 2.55 bits per heavy atom. The molecule has 1 amide bonds. The number of hydrogen-bond donors (Lipinski definition) is 1. The molecule has 0 radical (unpaired) electrons. The highest BCUT2D eigenvalue weighted by atomic mass is 16.6. The van der Waals surface area contributed by atoms with E-state index in [1.165, 1.54) is 0 Å². The van der Waals surface area contributed by atoms with Gasteiger partial charge < -0.3 is 10.2 Å². The van der Waals surface area contributed by atoms with Crippen LogP contribution in [0.25, 0.3) is 10.8 Å². The number of amides is 1. The lowest BCUT2D eigenvalue weighted by Crippen LogP contribution is -2.52. The molecule has 0 bridgehead atoms. The van der Waals surface area contributed by atoms with Gasteiger partial charge in [0.15, 0.2) is 0 Å². The zero-order valence-corrected chi connectivity index (χ0v) is 17.6. The molecule has 1 N–H and O–H groups in total. The van der Waals surface area contributed by atoms with Crippen LogP contribution in [0.3, 0.4) is 0 Å². The topological polar surface area (TPSA) is 91.6 Å². The quantitative estimate of drug-likeness (QED) is 0.502. The van der Waals surface area contributed by atoms with Gasteiger partial charge in [0.05, 0.1) is 16.4 Å². The Bertz CT molecular complexity index is 1130. The van der Waals surface area contributed by atoms with Crippen LogP contribution in [-0.4, -0.2) is 52.9 Å². The van der Waals surface area contributed by atoms with Gasteiger partial charge in [-0.3, -0.25) is 24.8 Å².